The number of nitrogens with one attached hydrogen (secondary N) is 1. The smallest absolute Gasteiger partial charge is 0.223 e. The minimum atomic E-state index is -0.782. The van der Waals surface area contributed by atoms with Gasteiger partial charge in [-0.15, -0.1) is 0 Å². The number of aliphatic hydroxyl groups is 1. The van der Waals surface area contributed by atoms with Crippen molar-refractivity contribution in [1.29, 1.82) is 0 Å². The van der Waals surface area contributed by atoms with E-state index in [-0.39, 0.29) is 35.9 Å². The van der Waals surface area contributed by atoms with E-state index < -0.39 is 12.1 Å². The molecule has 0 bridgehead atoms. The van der Waals surface area contributed by atoms with Gasteiger partial charge in [0.15, 0.2) is 11.5 Å². The fourth-order valence-electron chi connectivity index (χ4n) is 5.19. The third-order valence-corrected chi connectivity index (χ3v) is 8.01. The van der Waals surface area contributed by atoms with E-state index >= 15 is 0 Å². The molecule has 0 radical (unpaired) electrons. The van der Waals surface area contributed by atoms with Crippen molar-refractivity contribution in [2.75, 3.05) is 47.7 Å². The van der Waals surface area contributed by atoms with Crippen molar-refractivity contribution in [3.63, 3.8) is 0 Å². The largest absolute Gasteiger partial charge is 0.493 e. The van der Waals surface area contributed by atoms with Gasteiger partial charge in [-0.3, -0.25) is 4.79 Å². The molecular weight excluding hydrogens is 512 g/mol. The van der Waals surface area contributed by atoms with Gasteiger partial charge in [-0.05, 0) is 54.7 Å². The topological polar surface area (TPSA) is 122 Å². The van der Waals surface area contributed by atoms with E-state index in [1.807, 2.05) is 26.0 Å². The van der Waals surface area contributed by atoms with Gasteiger partial charge in [-0.25, -0.2) is 0 Å². The van der Waals surface area contributed by atoms with Gasteiger partial charge >= 0.3 is 0 Å². The number of rotatable bonds is 19. The van der Waals surface area contributed by atoms with E-state index in [1.54, 1.807) is 21.3 Å². The van der Waals surface area contributed by atoms with Gasteiger partial charge in [0.25, 0.3) is 0 Å². The highest BCUT2D eigenvalue weighted by Gasteiger charge is 2.31. The first kappa shape index (κ1) is 34.3. The number of aliphatic hydroxyl groups excluding tert-OH is 1. The molecule has 1 aliphatic heterocycles. The summed E-state index contributed by atoms with van der Waals surface area (Å²) < 4.78 is 27.6. The van der Waals surface area contributed by atoms with Gasteiger partial charge in [0, 0.05) is 52.2 Å². The summed E-state index contributed by atoms with van der Waals surface area (Å²) >= 11 is 0. The maximum absolute atomic E-state index is 13.0. The van der Waals surface area contributed by atoms with E-state index in [1.165, 1.54) is 0 Å². The maximum atomic E-state index is 13.0. The van der Waals surface area contributed by atoms with E-state index in [0.717, 1.165) is 30.6 Å². The van der Waals surface area contributed by atoms with Crippen molar-refractivity contribution < 1.29 is 33.6 Å². The van der Waals surface area contributed by atoms with Gasteiger partial charge in [-0.2, -0.15) is 0 Å². The maximum Gasteiger partial charge on any atom is 0.223 e. The first-order chi connectivity index (χ1) is 19.1. The van der Waals surface area contributed by atoms with Gasteiger partial charge < -0.3 is 39.8 Å². The number of amides is 1. The zero-order valence-corrected chi connectivity index (χ0v) is 25.7. The Morgan fingerprint density at radius 1 is 1.10 bits per heavy atom. The van der Waals surface area contributed by atoms with Crippen LogP contribution in [0.25, 0.3) is 0 Å². The Bertz CT molecular complexity index is 866. The number of carbonyl (C=O) groups is 1. The highest BCUT2D eigenvalue weighted by atomic mass is 16.5. The predicted octanol–water partition coefficient (Wildman–Crippen LogP) is 3.59. The molecule has 0 aliphatic carbocycles. The summed E-state index contributed by atoms with van der Waals surface area (Å²) in [6, 6.07) is 5.58. The average Bonchev–Trinajstić information content (AvgIpc) is 3.40. The van der Waals surface area contributed by atoms with Crippen LogP contribution in [0.4, 0.5) is 0 Å². The molecule has 4 unspecified atom stereocenters. The molecule has 1 fully saturated rings. The van der Waals surface area contributed by atoms with Crippen LogP contribution in [0.1, 0.15) is 58.9 Å². The van der Waals surface area contributed by atoms with Crippen molar-refractivity contribution in [2.45, 2.75) is 84.2 Å². The lowest BCUT2D eigenvalue weighted by Crippen LogP contribution is -2.44. The number of hydrogen-bond acceptors (Lipinski definition) is 8. The monoisotopic (exact) mass is 566 g/mol. The number of ether oxygens (including phenoxy) is 5. The zero-order chi connectivity index (χ0) is 29.7. The summed E-state index contributed by atoms with van der Waals surface area (Å²) in [6.07, 6.45) is 2.58. The van der Waals surface area contributed by atoms with Gasteiger partial charge in [0.1, 0.15) is 0 Å². The fourth-order valence-corrected chi connectivity index (χ4v) is 5.19. The quantitative estimate of drug-likeness (QED) is 0.217. The molecule has 4 N–H and O–H groups in total. The standard InChI is InChI=1S/C31H54N2O7/c1-20(2)23(13-22-9-10-29(38-7)30(14-22)39-12-8-11-36-5)15-27(32)28(34)17-26(21(3)4)31(35)33-18-24-16-25(37-6)19-40-24/h9-10,14,20-21,23-28,34H,8,11-13,15-19,32H2,1-7H3,(H,33,35)/t23?,24-,25-,26?,27?,28?/m0/s1. The molecule has 1 aromatic rings. The highest BCUT2D eigenvalue weighted by molar-refractivity contribution is 5.79. The molecule has 1 aromatic carbocycles. The molecule has 0 aromatic heterocycles. The second-order valence-electron chi connectivity index (χ2n) is 11.7. The fraction of sp³-hybridized carbons (Fsp3) is 0.774. The lowest BCUT2D eigenvalue weighted by Gasteiger charge is -2.30. The number of hydrogen-bond donors (Lipinski definition) is 3. The molecule has 0 spiro atoms. The van der Waals surface area contributed by atoms with E-state index in [2.05, 4.69) is 25.2 Å². The summed E-state index contributed by atoms with van der Waals surface area (Å²) in [6.45, 7) is 10.5. The number of methoxy groups -OCH3 is 3. The van der Waals surface area contributed by atoms with Crippen LogP contribution in [0.3, 0.4) is 0 Å². The molecule has 1 amide bonds. The van der Waals surface area contributed by atoms with Crippen LogP contribution in [-0.2, 0) is 25.4 Å². The van der Waals surface area contributed by atoms with Crippen LogP contribution >= 0.6 is 0 Å². The Kier molecular flexibility index (Phi) is 15.3. The molecule has 1 aliphatic rings. The number of carbonyl (C=O) groups excluding carboxylic acids is 1. The zero-order valence-electron chi connectivity index (χ0n) is 25.7. The molecular formula is C31H54N2O7. The van der Waals surface area contributed by atoms with Crippen molar-refractivity contribution in [3.8, 4) is 11.5 Å². The molecule has 1 saturated heterocycles. The van der Waals surface area contributed by atoms with E-state index in [0.29, 0.717) is 50.9 Å². The van der Waals surface area contributed by atoms with Crippen LogP contribution in [-0.4, -0.2) is 83.1 Å². The third-order valence-electron chi connectivity index (χ3n) is 8.01. The van der Waals surface area contributed by atoms with Crippen LogP contribution in [0.2, 0.25) is 0 Å². The Balaban J connectivity index is 1.96. The second-order valence-corrected chi connectivity index (χ2v) is 11.7. The van der Waals surface area contributed by atoms with Crippen LogP contribution in [0.5, 0.6) is 11.5 Å². The summed E-state index contributed by atoms with van der Waals surface area (Å²) in [5.74, 6) is 1.69. The SMILES string of the molecule is COCCCOc1cc(CC(CC(N)C(O)CC(C(=O)NC[C@@H]2C[C@H](OC)CO2)C(C)C)C(C)C)ccc1OC. The summed E-state index contributed by atoms with van der Waals surface area (Å²) in [5, 5.41) is 14.1. The Labute approximate surface area is 241 Å². The summed E-state index contributed by atoms with van der Waals surface area (Å²) in [7, 11) is 4.99. The van der Waals surface area contributed by atoms with E-state index in [4.69, 9.17) is 29.4 Å². The van der Waals surface area contributed by atoms with Crippen molar-refractivity contribution in [1.82, 2.24) is 5.32 Å². The third kappa shape index (κ3) is 11.2. The Morgan fingerprint density at radius 3 is 2.45 bits per heavy atom. The van der Waals surface area contributed by atoms with Crippen LogP contribution in [0.15, 0.2) is 18.2 Å². The van der Waals surface area contributed by atoms with Crippen molar-refractivity contribution in [2.24, 2.45) is 29.4 Å². The first-order valence-corrected chi connectivity index (χ1v) is 14.7. The summed E-state index contributed by atoms with van der Waals surface area (Å²) in [5.41, 5.74) is 7.69. The van der Waals surface area contributed by atoms with Crippen molar-refractivity contribution >= 4 is 5.91 Å². The molecule has 1 heterocycles. The lowest BCUT2D eigenvalue weighted by atomic mass is 9.81. The highest BCUT2D eigenvalue weighted by Crippen LogP contribution is 2.32. The minimum Gasteiger partial charge on any atom is -0.493 e. The summed E-state index contributed by atoms with van der Waals surface area (Å²) in [4.78, 5) is 13.0. The minimum absolute atomic E-state index is 0.0464. The second kappa shape index (κ2) is 17.8. The molecule has 40 heavy (non-hydrogen) atoms. The van der Waals surface area contributed by atoms with Crippen LogP contribution < -0.4 is 20.5 Å². The molecule has 9 nitrogen and oxygen atoms in total. The Morgan fingerprint density at radius 2 is 1.85 bits per heavy atom. The average molecular weight is 567 g/mol. The molecule has 2 rings (SSSR count). The van der Waals surface area contributed by atoms with E-state index in [9.17, 15) is 9.90 Å². The number of benzene rings is 1. The molecule has 230 valence electrons. The van der Waals surface area contributed by atoms with Crippen molar-refractivity contribution in [3.05, 3.63) is 23.8 Å². The molecule has 6 atom stereocenters. The first-order valence-electron chi connectivity index (χ1n) is 14.7. The Hall–Kier alpha value is -1.91. The molecule has 0 saturated carbocycles. The van der Waals surface area contributed by atoms with Gasteiger partial charge in [0.2, 0.25) is 5.91 Å². The predicted molar refractivity (Wildman–Crippen MR) is 157 cm³/mol. The normalized spacial score (nSPS) is 20.4. The number of nitrogens with two attached hydrogens (primary N) is 1. The van der Waals surface area contributed by atoms with Crippen LogP contribution in [0, 0.1) is 23.7 Å². The lowest BCUT2D eigenvalue weighted by molar-refractivity contribution is -0.128. The van der Waals surface area contributed by atoms with Gasteiger partial charge in [-0.1, -0.05) is 33.8 Å². The van der Waals surface area contributed by atoms with Gasteiger partial charge in [0.05, 0.1) is 38.6 Å². The molecule has 9 heteroatoms.